The number of azo groups is 1. The van der Waals surface area contributed by atoms with Crippen LogP contribution < -0.4 is 14.2 Å². The van der Waals surface area contributed by atoms with Gasteiger partial charge in [0.2, 0.25) is 0 Å². The van der Waals surface area contributed by atoms with Gasteiger partial charge in [-0.3, -0.25) is 10.1 Å². The number of aromatic hydroxyl groups is 3. The van der Waals surface area contributed by atoms with Gasteiger partial charge >= 0.3 is 0 Å². The zero-order valence-corrected chi connectivity index (χ0v) is 28.7. The Kier molecular flexibility index (Phi) is 14.4. The summed E-state index contributed by atoms with van der Waals surface area (Å²) < 4.78 is 15.1. The molecule has 0 unspecified atom stereocenters. The number of nitrogens with zero attached hydrogens (tertiary/aromatic N) is 6. The predicted molar refractivity (Wildman–Crippen MR) is 206 cm³/mol. The molecule has 6 aromatic rings. The van der Waals surface area contributed by atoms with Crippen molar-refractivity contribution in [3.05, 3.63) is 119 Å². The summed E-state index contributed by atoms with van der Waals surface area (Å²) in [5, 5.41) is 55.7. The third kappa shape index (κ3) is 11.9. The summed E-state index contributed by atoms with van der Waals surface area (Å²) in [7, 11) is 0. The second-order valence-electron chi connectivity index (χ2n) is 10.1. The number of terminal acetylenes is 3. The van der Waals surface area contributed by atoms with Gasteiger partial charge in [0.05, 0.1) is 4.92 Å². The van der Waals surface area contributed by atoms with Crippen molar-refractivity contribution in [3.63, 3.8) is 0 Å². The van der Waals surface area contributed by atoms with E-state index in [1.165, 1.54) is 59.4 Å². The van der Waals surface area contributed by atoms with Crippen LogP contribution in [0.1, 0.15) is 0 Å². The maximum absolute atomic E-state index is 10.9. The molecule has 1 aromatic heterocycles. The molecule has 0 spiro atoms. The molecule has 0 saturated heterocycles. The zero-order valence-electron chi connectivity index (χ0n) is 28.7. The van der Waals surface area contributed by atoms with Gasteiger partial charge < -0.3 is 29.5 Å². The smallest absolute Gasteiger partial charge is 0.296 e. The van der Waals surface area contributed by atoms with Crippen LogP contribution in [0.3, 0.4) is 0 Å². The van der Waals surface area contributed by atoms with E-state index in [1.54, 1.807) is 30.3 Å². The van der Waals surface area contributed by atoms with Crippen LogP contribution in [0.15, 0.2) is 119 Å². The van der Waals surface area contributed by atoms with Gasteiger partial charge in [-0.15, -0.1) is 44.5 Å². The molecule has 3 N–H and O–H groups in total. The lowest BCUT2D eigenvalue weighted by atomic mass is 10.3. The van der Waals surface area contributed by atoms with Gasteiger partial charge in [-0.25, -0.2) is 0 Å². The summed E-state index contributed by atoms with van der Waals surface area (Å²) in [5.74, 6) is 14.6. The van der Waals surface area contributed by atoms with Crippen LogP contribution in [0.2, 0.25) is 0 Å². The summed E-state index contributed by atoms with van der Waals surface area (Å²) in [6.07, 6.45) is 21.8. The number of fused-ring (bicyclic) bond motifs is 1. The Morgan fingerprint density at radius 2 is 1.09 bits per heavy atom. The molecule has 0 bridgehead atoms. The van der Waals surface area contributed by atoms with Gasteiger partial charge in [0.15, 0.2) is 5.69 Å². The fourth-order valence-corrected chi connectivity index (χ4v) is 4.01. The molecule has 14 nitrogen and oxygen atoms in total. The number of para-hydroxylation sites is 1. The van der Waals surface area contributed by atoms with Crippen molar-refractivity contribution >= 4 is 28.1 Å². The molecule has 5 aromatic carbocycles. The van der Waals surface area contributed by atoms with Crippen LogP contribution in [-0.4, -0.2) is 35.2 Å². The Bertz CT molecular complexity index is 2670. The third-order valence-corrected chi connectivity index (χ3v) is 6.45. The Morgan fingerprint density at radius 3 is 1.66 bits per heavy atom. The molecule has 0 saturated carbocycles. The van der Waals surface area contributed by atoms with Crippen molar-refractivity contribution < 1.29 is 34.5 Å². The zero-order chi connectivity index (χ0) is 40.1. The fraction of sp³-hybridized carbons (Fsp3) is 0. The average Bonchev–Trinajstić information content (AvgIpc) is 3.65. The Balaban J connectivity index is 0.000000196. The maximum Gasteiger partial charge on any atom is 0.296 e. The van der Waals surface area contributed by atoms with E-state index in [9.17, 15) is 20.3 Å². The highest BCUT2D eigenvalue weighted by Gasteiger charge is 2.13. The lowest BCUT2D eigenvalue weighted by Crippen LogP contribution is -1.99. The van der Waals surface area contributed by atoms with Crippen LogP contribution in [0.5, 0.6) is 34.5 Å². The monoisotopic (exact) mass is 740 g/mol. The molecule has 0 atom stereocenters. The molecule has 0 aliphatic carbocycles. The van der Waals surface area contributed by atoms with E-state index in [-0.39, 0.29) is 34.3 Å². The normalized spacial score (nSPS) is 9.23. The molecule has 14 heteroatoms. The highest BCUT2D eigenvalue weighted by molar-refractivity contribution is 5.73. The standard InChI is InChI=1S/C16H9N3O4.C16H9N3O2.C10H6O2/c1-2-3-10-23-12-8-9-16(20)14(11-12)18-17-13-6-4-5-7-15(13)19(21)22;1-2-3-10-21-12-8-9-16(20)15(11-12)19-17-13-6-4-5-7-14(13)18-19;1-2-3-8-12-10-6-4-9(11)5-7-10/h1,4-9,11,20H;1,4-9,11,20H;1,4-7,11H. The number of nitro groups is 1. The van der Waals surface area contributed by atoms with Crippen molar-refractivity contribution in [1.82, 2.24) is 15.0 Å². The number of hydrogen-bond acceptors (Lipinski definition) is 12. The second kappa shape index (κ2) is 20.5. The first-order valence-electron chi connectivity index (χ1n) is 15.5. The highest BCUT2D eigenvalue weighted by atomic mass is 16.6. The van der Waals surface area contributed by atoms with E-state index in [0.29, 0.717) is 22.9 Å². The molecule has 0 aliphatic rings. The second-order valence-corrected chi connectivity index (χ2v) is 10.1. The molecule has 6 rings (SSSR count). The van der Waals surface area contributed by atoms with Gasteiger partial charge in [-0.1, -0.05) is 24.3 Å². The number of aromatic nitrogens is 3. The first kappa shape index (κ1) is 39.4. The minimum Gasteiger partial charge on any atom is -0.508 e. The molecule has 0 radical (unpaired) electrons. The lowest BCUT2D eigenvalue weighted by molar-refractivity contribution is -0.384. The van der Waals surface area contributed by atoms with Crippen molar-refractivity contribution in [1.29, 1.82) is 0 Å². The maximum atomic E-state index is 10.9. The molecule has 56 heavy (non-hydrogen) atoms. The third-order valence-electron chi connectivity index (χ3n) is 6.45. The summed E-state index contributed by atoms with van der Waals surface area (Å²) in [6, 6.07) is 28.3. The summed E-state index contributed by atoms with van der Waals surface area (Å²) in [5.41, 5.74) is 1.80. The van der Waals surface area contributed by atoms with E-state index < -0.39 is 4.92 Å². The van der Waals surface area contributed by atoms with E-state index in [2.05, 4.69) is 74.3 Å². The Morgan fingerprint density at radius 1 is 0.607 bits per heavy atom. The van der Waals surface area contributed by atoms with Crippen LogP contribution in [0.25, 0.3) is 16.7 Å². The van der Waals surface area contributed by atoms with E-state index >= 15 is 0 Å². The van der Waals surface area contributed by atoms with Crippen LogP contribution in [-0.2, 0) is 0 Å². The largest absolute Gasteiger partial charge is 0.508 e. The summed E-state index contributed by atoms with van der Waals surface area (Å²) in [6.45, 7) is 0. The first-order chi connectivity index (χ1) is 27.2. The summed E-state index contributed by atoms with van der Waals surface area (Å²) in [4.78, 5) is 11.7. The lowest BCUT2D eigenvalue weighted by Gasteiger charge is -2.04. The number of nitro benzene ring substituents is 1. The molecule has 270 valence electrons. The fourth-order valence-electron chi connectivity index (χ4n) is 4.01. The van der Waals surface area contributed by atoms with Crippen LogP contribution in [0.4, 0.5) is 17.1 Å². The van der Waals surface area contributed by atoms with Crippen molar-refractivity contribution in [3.8, 4) is 113 Å². The minimum absolute atomic E-state index is 0.0348. The van der Waals surface area contributed by atoms with E-state index in [0.717, 1.165) is 11.0 Å². The number of hydrogen-bond donors (Lipinski definition) is 3. The van der Waals surface area contributed by atoms with Gasteiger partial charge in [-0.05, 0) is 84.5 Å². The number of rotatable bonds is 7. The Labute approximate surface area is 319 Å². The molecule has 0 fully saturated rings. The number of benzene rings is 5. The Hall–Kier alpha value is -9.34. The number of ether oxygens (including phenoxy) is 3. The molecule has 0 aliphatic heterocycles. The number of phenolic OH excluding ortho intramolecular Hbond substituents is 3. The van der Waals surface area contributed by atoms with E-state index in [4.69, 9.17) is 38.6 Å². The molecule has 1 heterocycles. The van der Waals surface area contributed by atoms with E-state index in [1.807, 2.05) is 24.3 Å². The molecule has 0 amide bonds. The predicted octanol–water partition coefficient (Wildman–Crippen LogP) is 7.15. The average molecular weight is 741 g/mol. The van der Waals surface area contributed by atoms with Gasteiger partial charge in [0.25, 0.3) is 5.69 Å². The van der Waals surface area contributed by atoms with Crippen molar-refractivity contribution in [2.45, 2.75) is 0 Å². The number of phenols is 3. The topological polar surface area (TPSA) is 187 Å². The van der Waals surface area contributed by atoms with Gasteiger partial charge in [0, 0.05) is 36.0 Å². The first-order valence-corrected chi connectivity index (χ1v) is 15.5. The minimum atomic E-state index is -0.566. The molecular weight excluding hydrogens is 716 g/mol. The van der Waals surface area contributed by atoms with Gasteiger partial charge in [0.1, 0.15) is 75.2 Å². The van der Waals surface area contributed by atoms with Gasteiger partial charge in [-0.2, -0.15) is 0 Å². The van der Waals surface area contributed by atoms with Crippen LogP contribution >= 0.6 is 0 Å². The van der Waals surface area contributed by atoms with Crippen LogP contribution in [0, 0.1) is 83.2 Å². The van der Waals surface area contributed by atoms with Crippen molar-refractivity contribution in [2.24, 2.45) is 10.2 Å². The SMILES string of the molecule is C#CC#COc1ccc(O)c(-n2nc3ccccc3n2)c1.C#CC#COc1ccc(O)c(N=Nc2ccccc2[N+](=O)[O-])c1.C#CC#COc1ccc(O)cc1. The quantitative estimate of drug-likeness (QED) is 0.0657. The molecular formula is C42H24N6O8. The summed E-state index contributed by atoms with van der Waals surface area (Å²) >= 11 is 0. The van der Waals surface area contributed by atoms with Crippen molar-refractivity contribution in [2.75, 3.05) is 0 Å². The highest BCUT2D eigenvalue weighted by Crippen LogP contribution is 2.34.